The highest BCUT2D eigenvalue weighted by Crippen LogP contribution is 2.16. The molecule has 2 amide bonds. The number of benzene rings is 2. The lowest BCUT2D eigenvalue weighted by Gasteiger charge is -2.23. The smallest absolute Gasteiger partial charge is 0.241 e. The lowest BCUT2D eigenvalue weighted by molar-refractivity contribution is -0.122. The van der Waals surface area contributed by atoms with E-state index < -0.39 is 6.04 Å². The van der Waals surface area contributed by atoms with E-state index >= 15 is 0 Å². The minimum absolute atomic E-state index is 0.0270. The predicted molar refractivity (Wildman–Crippen MR) is 112 cm³/mol. The molecule has 0 fully saturated rings. The summed E-state index contributed by atoms with van der Waals surface area (Å²) in [6.07, 6.45) is 0. The Morgan fingerprint density at radius 2 is 1.64 bits per heavy atom. The quantitative estimate of drug-likeness (QED) is 0.721. The molecule has 2 aromatic rings. The highest BCUT2D eigenvalue weighted by atomic mass is 16.2. The van der Waals surface area contributed by atoms with Crippen LogP contribution in [0.2, 0.25) is 0 Å². The summed E-state index contributed by atoms with van der Waals surface area (Å²) in [6.45, 7) is 7.23. The second-order valence-corrected chi connectivity index (χ2v) is 7.08. The third-order valence-corrected chi connectivity index (χ3v) is 4.66. The third-order valence-electron chi connectivity index (χ3n) is 4.66. The van der Waals surface area contributed by atoms with Crippen LogP contribution >= 0.6 is 0 Å². The van der Waals surface area contributed by atoms with Crippen molar-refractivity contribution in [3.8, 4) is 0 Å². The number of likely N-dealkylation sites (N-methyl/N-ethyl adjacent to an activating group) is 1. The predicted octanol–water partition coefficient (Wildman–Crippen LogP) is 3.40. The molecule has 1 unspecified atom stereocenters. The molecule has 0 aliphatic heterocycles. The van der Waals surface area contributed by atoms with Crippen molar-refractivity contribution in [3.63, 3.8) is 0 Å². The van der Waals surface area contributed by atoms with Crippen LogP contribution in [-0.2, 0) is 9.59 Å². The van der Waals surface area contributed by atoms with Gasteiger partial charge in [-0.2, -0.15) is 0 Å². The van der Waals surface area contributed by atoms with E-state index in [1.807, 2.05) is 32.0 Å². The van der Waals surface area contributed by atoms with Gasteiger partial charge in [-0.3, -0.25) is 19.3 Å². The van der Waals surface area contributed by atoms with Crippen molar-refractivity contribution in [1.29, 1.82) is 0 Å². The number of aryl methyl sites for hydroxylation is 2. The van der Waals surface area contributed by atoms with Gasteiger partial charge < -0.3 is 10.6 Å². The lowest BCUT2D eigenvalue weighted by Crippen LogP contribution is -2.43. The van der Waals surface area contributed by atoms with E-state index in [-0.39, 0.29) is 24.1 Å². The molecular weight excluding hydrogens is 354 g/mol. The van der Waals surface area contributed by atoms with Crippen molar-refractivity contribution in [1.82, 2.24) is 4.90 Å². The summed E-state index contributed by atoms with van der Waals surface area (Å²) in [4.78, 5) is 37.8. The molecule has 28 heavy (non-hydrogen) atoms. The first kappa shape index (κ1) is 21.3. The van der Waals surface area contributed by atoms with Crippen LogP contribution in [0.15, 0.2) is 42.5 Å². The normalized spacial score (nSPS) is 11.8. The first-order valence-electron chi connectivity index (χ1n) is 9.16. The van der Waals surface area contributed by atoms with Crippen LogP contribution in [-0.4, -0.2) is 42.1 Å². The summed E-state index contributed by atoms with van der Waals surface area (Å²) < 4.78 is 0. The fraction of sp³-hybridized carbons (Fsp3) is 0.318. The van der Waals surface area contributed by atoms with Crippen molar-refractivity contribution < 1.29 is 14.4 Å². The summed E-state index contributed by atoms with van der Waals surface area (Å²) in [5.41, 5.74) is 4.03. The number of ketones is 1. The summed E-state index contributed by atoms with van der Waals surface area (Å²) >= 11 is 0. The number of hydrogen-bond acceptors (Lipinski definition) is 4. The van der Waals surface area contributed by atoms with Gasteiger partial charge in [-0.25, -0.2) is 0 Å². The minimum Gasteiger partial charge on any atom is -0.325 e. The van der Waals surface area contributed by atoms with Crippen molar-refractivity contribution >= 4 is 29.0 Å². The molecule has 2 rings (SSSR count). The molecular formula is C22H27N3O3. The first-order chi connectivity index (χ1) is 13.2. The zero-order valence-electron chi connectivity index (χ0n) is 17.0. The number of anilines is 2. The minimum atomic E-state index is -0.503. The van der Waals surface area contributed by atoms with E-state index in [0.29, 0.717) is 11.3 Å². The zero-order chi connectivity index (χ0) is 20.8. The summed E-state index contributed by atoms with van der Waals surface area (Å²) in [5.74, 6) is -0.430. The van der Waals surface area contributed by atoms with Crippen molar-refractivity contribution in [2.24, 2.45) is 0 Å². The van der Waals surface area contributed by atoms with E-state index in [0.717, 1.165) is 16.8 Å². The molecule has 0 aliphatic carbocycles. The molecule has 0 aromatic heterocycles. The van der Waals surface area contributed by atoms with E-state index in [4.69, 9.17) is 0 Å². The van der Waals surface area contributed by atoms with Crippen LogP contribution in [0.4, 0.5) is 11.4 Å². The highest BCUT2D eigenvalue weighted by Gasteiger charge is 2.20. The molecule has 0 saturated carbocycles. The molecule has 0 bridgehead atoms. The Labute approximate surface area is 165 Å². The van der Waals surface area contributed by atoms with E-state index in [2.05, 4.69) is 10.6 Å². The van der Waals surface area contributed by atoms with Gasteiger partial charge in [-0.15, -0.1) is 0 Å². The average molecular weight is 381 g/mol. The van der Waals surface area contributed by atoms with E-state index in [1.165, 1.54) is 6.92 Å². The number of hydrogen-bond donors (Lipinski definition) is 2. The SMILES string of the molecule is CC(=O)c1ccc(NC(=O)C(C)N(C)CC(=O)Nc2cc(C)ccc2C)cc1. The molecule has 0 aliphatic rings. The number of nitrogens with one attached hydrogen (secondary N) is 2. The van der Waals surface area contributed by atoms with E-state index in [1.54, 1.807) is 43.1 Å². The summed E-state index contributed by atoms with van der Waals surface area (Å²) in [5, 5.41) is 5.70. The molecule has 148 valence electrons. The zero-order valence-corrected chi connectivity index (χ0v) is 17.0. The van der Waals surface area contributed by atoms with Crippen LogP contribution < -0.4 is 10.6 Å². The van der Waals surface area contributed by atoms with Crippen molar-refractivity contribution in [2.45, 2.75) is 33.7 Å². The maximum atomic E-state index is 12.5. The molecule has 0 heterocycles. The number of Topliss-reactive ketones (excluding diaryl/α,β-unsaturated/α-hetero) is 1. The second-order valence-electron chi connectivity index (χ2n) is 7.08. The standard InChI is InChI=1S/C22H27N3O3/c1-14-6-7-15(2)20(12-14)24-21(27)13-25(5)16(3)22(28)23-19-10-8-18(9-11-19)17(4)26/h6-12,16H,13H2,1-5H3,(H,23,28)(H,24,27). The molecule has 0 spiro atoms. The van der Waals surface area contributed by atoms with Crippen LogP contribution in [0.3, 0.4) is 0 Å². The van der Waals surface area contributed by atoms with Gasteiger partial charge in [0.2, 0.25) is 11.8 Å². The van der Waals surface area contributed by atoms with Gasteiger partial charge in [0, 0.05) is 16.9 Å². The van der Waals surface area contributed by atoms with Gasteiger partial charge >= 0.3 is 0 Å². The van der Waals surface area contributed by atoms with Gasteiger partial charge in [-0.1, -0.05) is 12.1 Å². The summed E-state index contributed by atoms with van der Waals surface area (Å²) in [7, 11) is 1.73. The van der Waals surface area contributed by atoms with Gasteiger partial charge in [-0.05, 0) is 76.2 Å². The topological polar surface area (TPSA) is 78.5 Å². The fourth-order valence-corrected chi connectivity index (χ4v) is 2.66. The van der Waals surface area contributed by atoms with Gasteiger partial charge in [0.1, 0.15) is 0 Å². The van der Waals surface area contributed by atoms with Gasteiger partial charge in [0.05, 0.1) is 12.6 Å². The Balaban J connectivity index is 1.92. The van der Waals surface area contributed by atoms with E-state index in [9.17, 15) is 14.4 Å². The number of rotatable bonds is 7. The number of carbonyl (C=O) groups is 3. The Morgan fingerprint density at radius 3 is 2.25 bits per heavy atom. The van der Waals surface area contributed by atoms with Crippen LogP contribution in [0.25, 0.3) is 0 Å². The van der Waals surface area contributed by atoms with Crippen molar-refractivity contribution in [3.05, 3.63) is 59.2 Å². The maximum Gasteiger partial charge on any atom is 0.241 e. The molecule has 1 atom stereocenters. The molecule has 0 radical (unpaired) electrons. The van der Waals surface area contributed by atoms with Crippen LogP contribution in [0.5, 0.6) is 0 Å². The molecule has 0 saturated heterocycles. The molecule has 6 nitrogen and oxygen atoms in total. The third kappa shape index (κ3) is 5.76. The maximum absolute atomic E-state index is 12.5. The number of nitrogens with zero attached hydrogens (tertiary/aromatic N) is 1. The van der Waals surface area contributed by atoms with Crippen molar-refractivity contribution in [2.75, 3.05) is 24.2 Å². The molecule has 2 aromatic carbocycles. The number of amides is 2. The Hall–Kier alpha value is -2.99. The lowest BCUT2D eigenvalue weighted by atomic mass is 10.1. The monoisotopic (exact) mass is 381 g/mol. The summed E-state index contributed by atoms with van der Waals surface area (Å²) in [6, 6.07) is 12.1. The van der Waals surface area contributed by atoms with Crippen LogP contribution in [0.1, 0.15) is 35.3 Å². The highest BCUT2D eigenvalue weighted by molar-refractivity contribution is 5.97. The van der Waals surface area contributed by atoms with Gasteiger partial charge in [0.25, 0.3) is 0 Å². The molecule has 2 N–H and O–H groups in total. The van der Waals surface area contributed by atoms with Gasteiger partial charge in [0.15, 0.2) is 5.78 Å². The molecule has 6 heteroatoms. The largest absolute Gasteiger partial charge is 0.325 e. The second kappa shape index (κ2) is 9.28. The average Bonchev–Trinajstić information content (AvgIpc) is 2.64. The fourth-order valence-electron chi connectivity index (χ4n) is 2.66. The first-order valence-corrected chi connectivity index (χ1v) is 9.16. The Kier molecular flexibility index (Phi) is 7.06. The Bertz CT molecular complexity index is 875. The number of carbonyl (C=O) groups excluding carboxylic acids is 3. The van der Waals surface area contributed by atoms with Crippen LogP contribution in [0, 0.1) is 13.8 Å². The Morgan fingerprint density at radius 1 is 1.00 bits per heavy atom.